The third kappa shape index (κ3) is 3.31. The molecule has 0 spiro atoms. The molecule has 3 heterocycles. The van der Waals surface area contributed by atoms with Crippen LogP contribution in [0.4, 0.5) is 5.13 Å². The molecule has 0 aliphatic carbocycles. The number of rotatable bonds is 3. The number of aryl methyl sites for hydroxylation is 2. The molecule has 9 heteroatoms. The summed E-state index contributed by atoms with van der Waals surface area (Å²) >= 11 is 1.21. The molecule has 5 rings (SSSR count). The average Bonchev–Trinajstić information content (AvgIpc) is 3.34. The number of anilines is 1. The van der Waals surface area contributed by atoms with E-state index in [0.29, 0.717) is 46.0 Å². The van der Waals surface area contributed by atoms with E-state index in [1.165, 1.54) is 16.2 Å². The van der Waals surface area contributed by atoms with E-state index >= 15 is 0 Å². The Hall–Kier alpha value is -3.72. The normalized spacial score (nSPS) is 19.4. The second-order valence-electron chi connectivity index (χ2n) is 7.54. The molecule has 0 radical (unpaired) electrons. The number of benzene rings is 2. The molecule has 1 N–H and O–H groups in total. The zero-order chi connectivity index (χ0) is 22.4. The first-order valence-electron chi connectivity index (χ1n) is 10.0. The van der Waals surface area contributed by atoms with Crippen molar-refractivity contribution >= 4 is 33.9 Å². The van der Waals surface area contributed by atoms with Crippen LogP contribution in [0.15, 0.2) is 48.0 Å². The van der Waals surface area contributed by atoms with Crippen LogP contribution >= 0.6 is 11.3 Å². The highest BCUT2D eigenvalue weighted by atomic mass is 32.1. The van der Waals surface area contributed by atoms with E-state index in [9.17, 15) is 14.7 Å². The zero-order valence-electron chi connectivity index (χ0n) is 17.4. The lowest BCUT2D eigenvalue weighted by atomic mass is 9.94. The summed E-state index contributed by atoms with van der Waals surface area (Å²) in [6.45, 7) is 4.55. The fourth-order valence-corrected chi connectivity index (χ4v) is 4.54. The molecular weight excluding hydrogens is 430 g/mol. The van der Waals surface area contributed by atoms with Crippen LogP contribution < -0.4 is 14.4 Å². The molecule has 0 saturated carbocycles. The van der Waals surface area contributed by atoms with E-state index in [2.05, 4.69) is 10.2 Å². The van der Waals surface area contributed by atoms with Crippen LogP contribution in [-0.4, -0.2) is 40.2 Å². The standard InChI is InChI=1S/C23H19N3O5S/c1-12-3-5-14(6-4-12)19-18(21(28)22(29)26(19)23-25-24-13(2)32-23)20(27)15-7-8-16-17(11-15)31-10-9-30-16/h3-8,11,19,27H,9-10H2,1-2H3/b20-18-. The molecule has 1 unspecified atom stereocenters. The van der Waals surface area contributed by atoms with Gasteiger partial charge in [0.15, 0.2) is 11.5 Å². The molecule has 0 bridgehead atoms. The van der Waals surface area contributed by atoms with Crippen LogP contribution in [0.25, 0.3) is 5.76 Å². The number of Topliss-reactive ketones (excluding diaryl/α,β-unsaturated/α-hetero) is 1. The number of carbonyl (C=O) groups excluding carboxylic acids is 2. The second kappa shape index (κ2) is 7.76. The highest BCUT2D eigenvalue weighted by Crippen LogP contribution is 2.43. The molecule has 1 amide bonds. The number of aliphatic hydroxyl groups is 1. The lowest BCUT2D eigenvalue weighted by Crippen LogP contribution is -2.29. The number of ether oxygens (including phenoxy) is 2. The third-order valence-electron chi connectivity index (χ3n) is 5.37. The van der Waals surface area contributed by atoms with Gasteiger partial charge in [0.25, 0.3) is 5.78 Å². The monoisotopic (exact) mass is 449 g/mol. The number of aliphatic hydroxyl groups excluding tert-OH is 1. The fourth-order valence-electron chi connectivity index (χ4n) is 3.82. The predicted octanol–water partition coefficient (Wildman–Crippen LogP) is 3.55. The quantitative estimate of drug-likeness (QED) is 0.371. The van der Waals surface area contributed by atoms with Crippen molar-refractivity contribution in [3.05, 3.63) is 69.7 Å². The van der Waals surface area contributed by atoms with Crippen molar-refractivity contribution in [1.29, 1.82) is 0 Å². The summed E-state index contributed by atoms with van der Waals surface area (Å²) in [7, 11) is 0. The smallest absolute Gasteiger partial charge is 0.301 e. The summed E-state index contributed by atoms with van der Waals surface area (Å²) in [5.41, 5.74) is 2.06. The Morgan fingerprint density at radius 1 is 1.03 bits per heavy atom. The van der Waals surface area contributed by atoms with Gasteiger partial charge in [0, 0.05) is 5.56 Å². The van der Waals surface area contributed by atoms with Gasteiger partial charge in [0.1, 0.15) is 24.0 Å². The minimum Gasteiger partial charge on any atom is -0.507 e. The van der Waals surface area contributed by atoms with Gasteiger partial charge in [-0.2, -0.15) is 0 Å². The lowest BCUT2D eigenvalue weighted by molar-refractivity contribution is -0.132. The largest absolute Gasteiger partial charge is 0.507 e. The third-order valence-corrected chi connectivity index (χ3v) is 6.21. The van der Waals surface area contributed by atoms with Crippen LogP contribution in [0, 0.1) is 13.8 Å². The molecule has 1 fully saturated rings. The van der Waals surface area contributed by atoms with Gasteiger partial charge in [-0.3, -0.25) is 14.5 Å². The van der Waals surface area contributed by atoms with Crippen molar-refractivity contribution in [2.45, 2.75) is 19.9 Å². The summed E-state index contributed by atoms with van der Waals surface area (Å²) in [5.74, 6) is -0.787. The van der Waals surface area contributed by atoms with Crippen molar-refractivity contribution in [2.24, 2.45) is 0 Å². The molecule has 32 heavy (non-hydrogen) atoms. The number of aromatic nitrogens is 2. The number of hydrogen-bond acceptors (Lipinski definition) is 8. The van der Waals surface area contributed by atoms with Gasteiger partial charge >= 0.3 is 5.91 Å². The number of carbonyl (C=O) groups is 2. The van der Waals surface area contributed by atoms with Crippen LogP contribution in [0.1, 0.15) is 27.7 Å². The molecule has 2 aliphatic heterocycles. The molecular formula is C23H19N3O5S. The highest BCUT2D eigenvalue weighted by Gasteiger charge is 2.48. The Kier molecular flexibility index (Phi) is 4.90. The Morgan fingerprint density at radius 3 is 2.44 bits per heavy atom. The molecule has 162 valence electrons. The highest BCUT2D eigenvalue weighted by molar-refractivity contribution is 7.15. The first-order valence-corrected chi connectivity index (χ1v) is 10.8. The Bertz CT molecular complexity index is 1260. The van der Waals surface area contributed by atoms with Crippen LogP contribution in [0.2, 0.25) is 0 Å². The molecule has 1 saturated heterocycles. The number of hydrogen-bond donors (Lipinski definition) is 1. The van der Waals surface area contributed by atoms with Gasteiger partial charge in [0.2, 0.25) is 5.13 Å². The number of fused-ring (bicyclic) bond motifs is 1. The van der Waals surface area contributed by atoms with Gasteiger partial charge in [-0.25, -0.2) is 0 Å². The Labute approximate surface area is 187 Å². The Morgan fingerprint density at radius 2 is 1.75 bits per heavy atom. The first-order chi connectivity index (χ1) is 15.4. The van der Waals surface area contributed by atoms with Crippen molar-refractivity contribution in [3.8, 4) is 11.5 Å². The topological polar surface area (TPSA) is 102 Å². The van der Waals surface area contributed by atoms with Crippen LogP contribution in [-0.2, 0) is 9.59 Å². The minimum absolute atomic E-state index is 0.0108. The lowest BCUT2D eigenvalue weighted by Gasteiger charge is -2.23. The number of amides is 1. The SMILES string of the molecule is Cc1ccc(C2/C(=C(/O)c3ccc4c(c3)OCCO4)C(=O)C(=O)N2c2nnc(C)s2)cc1. The predicted molar refractivity (Wildman–Crippen MR) is 118 cm³/mol. The molecule has 1 atom stereocenters. The summed E-state index contributed by atoms with van der Waals surface area (Å²) in [6.07, 6.45) is 0. The van der Waals surface area contributed by atoms with Crippen LogP contribution in [0.3, 0.4) is 0 Å². The van der Waals surface area contributed by atoms with Gasteiger partial charge < -0.3 is 14.6 Å². The van der Waals surface area contributed by atoms with E-state index in [0.717, 1.165) is 5.56 Å². The Balaban J connectivity index is 1.69. The van der Waals surface area contributed by atoms with E-state index < -0.39 is 17.7 Å². The second-order valence-corrected chi connectivity index (χ2v) is 8.70. The zero-order valence-corrected chi connectivity index (χ0v) is 18.2. The van der Waals surface area contributed by atoms with Gasteiger partial charge in [-0.15, -0.1) is 10.2 Å². The maximum Gasteiger partial charge on any atom is 0.301 e. The van der Waals surface area contributed by atoms with Crippen molar-refractivity contribution in [2.75, 3.05) is 18.1 Å². The number of ketones is 1. The van der Waals surface area contributed by atoms with Gasteiger partial charge in [-0.1, -0.05) is 41.2 Å². The summed E-state index contributed by atoms with van der Waals surface area (Å²) in [6, 6.07) is 11.5. The van der Waals surface area contributed by atoms with Crippen molar-refractivity contribution in [3.63, 3.8) is 0 Å². The van der Waals surface area contributed by atoms with Crippen molar-refractivity contribution < 1.29 is 24.2 Å². The van der Waals surface area contributed by atoms with Crippen LogP contribution in [0.5, 0.6) is 11.5 Å². The molecule has 8 nitrogen and oxygen atoms in total. The molecule has 2 aliphatic rings. The van der Waals surface area contributed by atoms with E-state index in [-0.39, 0.29) is 11.3 Å². The molecule has 2 aromatic carbocycles. The first kappa shape index (κ1) is 20.2. The summed E-state index contributed by atoms with van der Waals surface area (Å²) in [5, 5.41) is 20.3. The van der Waals surface area contributed by atoms with E-state index in [1.807, 2.05) is 31.2 Å². The summed E-state index contributed by atoms with van der Waals surface area (Å²) in [4.78, 5) is 27.5. The maximum atomic E-state index is 13.1. The van der Waals surface area contributed by atoms with E-state index in [4.69, 9.17) is 9.47 Å². The average molecular weight is 449 g/mol. The minimum atomic E-state index is -0.837. The summed E-state index contributed by atoms with van der Waals surface area (Å²) < 4.78 is 11.1. The van der Waals surface area contributed by atoms with Gasteiger partial charge in [0.05, 0.1) is 11.6 Å². The molecule has 3 aromatic rings. The molecule has 1 aromatic heterocycles. The fraction of sp³-hybridized carbons (Fsp3) is 0.217. The van der Waals surface area contributed by atoms with E-state index in [1.54, 1.807) is 25.1 Å². The number of nitrogens with zero attached hydrogens (tertiary/aromatic N) is 3. The maximum absolute atomic E-state index is 13.1. The van der Waals surface area contributed by atoms with Crippen molar-refractivity contribution in [1.82, 2.24) is 10.2 Å². The van der Waals surface area contributed by atoms with Gasteiger partial charge in [-0.05, 0) is 37.6 Å².